The van der Waals surface area contributed by atoms with Crippen molar-refractivity contribution in [3.05, 3.63) is 57.6 Å². The molecule has 0 atom stereocenters. The lowest BCUT2D eigenvalue weighted by molar-refractivity contribution is 0.0679. The molecule has 2 N–H and O–H groups in total. The average molecular weight is 595 g/mol. The summed E-state index contributed by atoms with van der Waals surface area (Å²) >= 11 is 0. The summed E-state index contributed by atoms with van der Waals surface area (Å²) in [6, 6.07) is 7.39. The van der Waals surface area contributed by atoms with Gasteiger partial charge in [0, 0.05) is 11.1 Å². The molecule has 0 radical (unpaired) electrons. The van der Waals surface area contributed by atoms with E-state index in [0.29, 0.717) is 5.56 Å². The maximum Gasteiger partial charge on any atom is 0.347 e. The molecule has 0 saturated carbocycles. The van der Waals surface area contributed by atoms with E-state index in [1.54, 1.807) is 12.1 Å². The van der Waals surface area contributed by atoms with Gasteiger partial charge in [0.2, 0.25) is 0 Å². The number of ether oxygens (including phenoxy) is 1. The van der Waals surface area contributed by atoms with E-state index in [0.717, 1.165) is 68.1 Å². The van der Waals surface area contributed by atoms with Crippen molar-refractivity contribution in [1.82, 2.24) is 0 Å². The highest BCUT2D eigenvalue weighted by Crippen LogP contribution is 2.43. The van der Waals surface area contributed by atoms with Gasteiger partial charge < -0.3 is 14.9 Å². The number of carboxylic acid groups (broad SMARTS) is 1. The molecular formula is C38H58O5. The quantitative estimate of drug-likeness (QED) is 0.137. The van der Waals surface area contributed by atoms with Gasteiger partial charge in [-0.15, -0.1) is 0 Å². The van der Waals surface area contributed by atoms with E-state index in [9.17, 15) is 19.8 Å². The molecule has 5 nitrogen and oxygen atoms in total. The van der Waals surface area contributed by atoms with Crippen molar-refractivity contribution in [2.24, 2.45) is 0 Å². The number of carboxylic acids is 1. The zero-order valence-electron chi connectivity index (χ0n) is 29.1. The second-order valence-electron chi connectivity index (χ2n) is 15.7. The highest BCUT2D eigenvalue weighted by molar-refractivity contribution is 5.98. The third-order valence-corrected chi connectivity index (χ3v) is 8.84. The molecule has 0 bridgehead atoms. The maximum atomic E-state index is 14.1. The van der Waals surface area contributed by atoms with Crippen molar-refractivity contribution in [2.45, 2.75) is 156 Å². The average Bonchev–Trinajstić information content (AvgIpc) is 2.87. The molecule has 0 aromatic heterocycles. The van der Waals surface area contributed by atoms with Crippen LogP contribution in [0.25, 0.3) is 0 Å². The molecule has 0 amide bonds. The number of carbonyl (C=O) groups excluding carboxylic acids is 1. The third-order valence-electron chi connectivity index (χ3n) is 8.84. The van der Waals surface area contributed by atoms with Crippen LogP contribution in [0.2, 0.25) is 0 Å². The molecule has 0 aliphatic rings. The molecule has 0 unspecified atom stereocenters. The number of esters is 1. The van der Waals surface area contributed by atoms with Crippen LogP contribution in [0.15, 0.2) is 24.3 Å². The van der Waals surface area contributed by atoms with Crippen LogP contribution < -0.4 is 4.74 Å². The topological polar surface area (TPSA) is 83.8 Å². The Morgan fingerprint density at radius 1 is 0.651 bits per heavy atom. The minimum atomic E-state index is -1.16. The Hall–Kier alpha value is -2.82. The van der Waals surface area contributed by atoms with E-state index in [1.807, 2.05) is 47.6 Å². The molecule has 0 heterocycles. The van der Waals surface area contributed by atoms with Crippen LogP contribution in [0.3, 0.4) is 0 Å². The molecule has 0 spiro atoms. The summed E-state index contributed by atoms with van der Waals surface area (Å²) < 4.78 is 6.05. The lowest BCUT2D eigenvalue weighted by Crippen LogP contribution is -2.25. The van der Waals surface area contributed by atoms with Crippen LogP contribution in [0.5, 0.6) is 11.5 Å². The lowest BCUT2D eigenvalue weighted by Gasteiger charge is -2.32. The molecule has 2 aromatic rings. The Bertz CT molecular complexity index is 1280. The number of phenolic OH excluding ortho intramolecular Hbond substituents is 1. The van der Waals surface area contributed by atoms with Gasteiger partial charge >= 0.3 is 11.9 Å². The molecule has 0 saturated heterocycles. The highest BCUT2D eigenvalue weighted by Gasteiger charge is 2.34. The Balaban J connectivity index is 2.80. The summed E-state index contributed by atoms with van der Waals surface area (Å²) in [5, 5.41) is 21.9. The number of hydrogen-bond acceptors (Lipinski definition) is 4. The first-order chi connectivity index (χ1) is 19.7. The van der Waals surface area contributed by atoms with Crippen molar-refractivity contribution < 1.29 is 24.5 Å². The van der Waals surface area contributed by atoms with E-state index in [2.05, 4.69) is 47.6 Å². The Kier molecular flexibility index (Phi) is 11.7. The monoisotopic (exact) mass is 594 g/mol. The predicted octanol–water partition coefficient (Wildman–Crippen LogP) is 10.6. The molecule has 240 valence electrons. The second-order valence-corrected chi connectivity index (χ2v) is 15.7. The van der Waals surface area contributed by atoms with Gasteiger partial charge in [-0.05, 0) is 57.8 Å². The first-order valence-electron chi connectivity index (χ1n) is 16.2. The normalized spacial score (nSPS) is 12.8. The van der Waals surface area contributed by atoms with Gasteiger partial charge in [-0.25, -0.2) is 9.59 Å². The van der Waals surface area contributed by atoms with Crippen molar-refractivity contribution in [2.75, 3.05) is 0 Å². The number of aromatic carboxylic acids is 1. The lowest BCUT2D eigenvalue weighted by atomic mass is 9.73. The van der Waals surface area contributed by atoms with E-state index in [-0.39, 0.29) is 38.9 Å². The number of phenols is 1. The van der Waals surface area contributed by atoms with Gasteiger partial charge in [0.1, 0.15) is 22.6 Å². The molecule has 0 aliphatic heterocycles. The van der Waals surface area contributed by atoms with Crippen LogP contribution in [0.1, 0.15) is 177 Å². The molecule has 0 aliphatic carbocycles. The summed E-state index contributed by atoms with van der Waals surface area (Å²) in [5.74, 6) is -1.95. The number of aromatic hydroxyl groups is 1. The minimum Gasteiger partial charge on any atom is -0.507 e. The van der Waals surface area contributed by atoms with Gasteiger partial charge in [0.25, 0.3) is 0 Å². The number of benzene rings is 2. The van der Waals surface area contributed by atoms with E-state index in [4.69, 9.17) is 4.74 Å². The van der Waals surface area contributed by atoms with Crippen LogP contribution in [0.4, 0.5) is 0 Å². The summed E-state index contributed by atoms with van der Waals surface area (Å²) in [6.45, 7) is 25.0. The number of unbranched alkanes of at least 4 members (excludes halogenated alkanes) is 4. The Morgan fingerprint density at radius 2 is 1.14 bits per heavy atom. The second kappa shape index (κ2) is 13.9. The predicted molar refractivity (Wildman–Crippen MR) is 178 cm³/mol. The number of carbonyl (C=O) groups is 2. The third kappa shape index (κ3) is 9.09. The van der Waals surface area contributed by atoms with Gasteiger partial charge in [0.15, 0.2) is 0 Å². The van der Waals surface area contributed by atoms with Crippen LogP contribution in [0, 0.1) is 0 Å². The van der Waals surface area contributed by atoms with Gasteiger partial charge in [-0.3, -0.25) is 0 Å². The summed E-state index contributed by atoms with van der Waals surface area (Å²) in [7, 11) is 0. The fraction of sp³-hybridized carbons (Fsp3) is 0.632. The van der Waals surface area contributed by atoms with E-state index >= 15 is 0 Å². The van der Waals surface area contributed by atoms with E-state index in [1.165, 1.54) is 0 Å². The first-order valence-corrected chi connectivity index (χ1v) is 16.2. The molecule has 2 aromatic carbocycles. The minimum absolute atomic E-state index is 0.0359. The molecule has 2 rings (SSSR count). The molecule has 5 heteroatoms. The SMILES string of the molecule is CCCCCC(C)(C)c1cc(C(=O)Oc2c(C(=O)O)cc(C(C)(C)C)cc2C(C)(C)C)c(O)c(C(C)(C)CCCCC)c1. The Morgan fingerprint density at radius 3 is 1.60 bits per heavy atom. The van der Waals surface area contributed by atoms with Crippen LogP contribution >= 0.6 is 0 Å². The van der Waals surface area contributed by atoms with Gasteiger partial charge in [-0.2, -0.15) is 0 Å². The molecule has 43 heavy (non-hydrogen) atoms. The molecular weight excluding hydrogens is 536 g/mol. The zero-order valence-corrected chi connectivity index (χ0v) is 29.1. The largest absolute Gasteiger partial charge is 0.507 e. The summed E-state index contributed by atoms with van der Waals surface area (Å²) in [4.78, 5) is 26.6. The highest BCUT2D eigenvalue weighted by atomic mass is 16.5. The summed E-state index contributed by atoms with van der Waals surface area (Å²) in [6.07, 6.45) is 8.34. The number of hydrogen-bond donors (Lipinski definition) is 2. The van der Waals surface area contributed by atoms with E-state index < -0.39 is 17.4 Å². The van der Waals surface area contributed by atoms with Crippen molar-refractivity contribution in [1.29, 1.82) is 0 Å². The zero-order chi connectivity index (χ0) is 33.0. The number of rotatable bonds is 13. The van der Waals surface area contributed by atoms with Gasteiger partial charge in [0.05, 0.1) is 0 Å². The van der Waals surface area contributed by atoms with Gasteiger partial charge in [-0.1, -0.05) is 134 Å². The smallest absolute Gasteiger partial charge is 0.347 e. The fourth-order valence-electron chi connectivity index (χ4n) is 5.65. The Labute approximate surface area is 261 Å². The maximum absolute atomic E-state index is 14.1. The molecule has 0 fully saturated rings. The van der Waals surface area contributed by atoms with Crippen LogP contribution in [-0.4, -0.2) is 22.2 Å². The van der Waals surface area contributed by atoms with Crippen molar-refractivity contribution >= 4 is 11.9 Å². The summed E-state index contributed by atoms with van der Waals surface area (Å²) in [5.41, 5.74) is 1.81. The van der Waals surface area contributed by atoms with Crippen LogP contribution in [-0.2, 0) is 21.7 Å². The van der Waals surface area contributed by atoms with Crippen molar-refractivity contribution in [3.63, 3.8) is 0 Å². The fourth-order valence-corrected chi connectivity index (χ4v) is 5.65. The van der Waals surface area contributed by atoms with Crippen molar-refractivity contribution in [3.8, 4) is 11.5 Å². The standard InChI is InChI=1S/C38H58O5/c1-13-15-17-19-37(9,10)26-22-27(31(39)29(24-26)38(11,12)20-18-16-14-2)34(42)43-32-28(33(40)41)21-25(35(3,4)5)23-30(32)36(6,7)8/h21-24,39H,13-20H2,1-12H3,(H,40,41). The first kappa shape index (κ1) is 36.4.